The number of halogens is 4. The first kappa shape index (κ1) is 24.1. The van der Waals surface area contributed by atoms with Crippen molar-refractivity contribution in [3.05, 3.63) is 107 Å². The fraction of sp³-hybridized carbons (Fsp3) is 0.0435. The van der Waals surface area contributed by atoms with Gasteiger partial charge in [-0.05, 0) is 55.5 Å². The maximum absolute atomic E-state index is 13.5. The second-order valence-electron chi connectivity index (χ2n) is 7.04. The van der Waals surface area contributed by atoms with Crippen LogP contribution in [0, 0.1) is 15.9 Å². The van der Waals surface area contributed by atoms with E-state index in [1.54, 1.807) is 48.0 Å². The maximum Gasteiger partial charge on any atom is 0.288 e. The van der Waals surface area contributed by atoms with Gasteiger partial charge >= 0.3 is 0 Å². The van der Waals surface area contributed by atoms with Gasteiger partial charge in [0.05, 0.1) is 32.1 Å². The average Bonchev–Trinajstić information content (AvgIpc) is 3.18. The summed E-state index contributed by atoms with van der Waals surface area (Å²) in [5, 5.41) is 18.6. The summed E-state index contributed by atoms with van der Waals surface area (Å²) in [6.45, 7) is 1.72. The van der Waals surface area contributed by atoms with Gasteiger partial charge in [0.25, 0.3) is 5.69 Å². The molecule has 0 fully saturated rings. The SMILES string of the molecule is C/C(=N\n1c(-c2ccc(F)cc2)csc1=Nc1ccc(Cl)c(Cl)c1)c1ccc(Cl)c([N+](=O)[O-])c1. The zero-order chi connectivity index (χ0) is 24.4. The fourth-order valence-electron chi connectivity index (χ4n) is 3.04. The van der Waals surface area contributed by atoms with E-state index < -0.39 is 4.92 Å². The number of aromatic nitrogens is 1. The molecular formula is C23H14Cl3FN4O2S. The molecule has 0 radical (unpaired) electrons. The van der Waals surface area contributed by atoms with Crippen LogP contribution in [0.5, 0.6) is 0 Å². The topological polar surface area (TPSA) is 72.8 Å². The minimum absolute atomic E-state index is 0.0343. The predicted molar refractivity (Wildman–Crippen MR) is 135 cm³/mol. The molecule has 3 aromatic carbocycles. The third-order valence-corrected chi connectivity index (χ3v) is 6.64. The summed E-state index contributed by atoms with van der Waals surface area (Å²) in [6.07, 6.45) is 0. The summed E-state index contributed by atoms with van der Waals surface area (Å²) in [5.41, 5.74) is 2.71. The molecule has 1 heterocycles. The summed E-state index contributed by atoms with van der Waals surface area (Å²) in [5.74, 6) is -0.362. The van der Waals surface area contributed by atoms with Crippen molar-refractivity contribution in [1.29, 1.82) is 0 Å². The first-order chi connectivity index (χ1) is 16.2. The number of nitro benzene ring substituents is 1. The third-order valence-electron chi connectivity index (χ3n) is 4.76. The minimum atomic E-state index is -0.550. The Morgan fingerprint density at radius 1 is 1.00 bits per heavy atom. The van der Waals surface area contributed by atoms with E-state index in [2.05, 4.69) is 10.1 Å². The standard InChI is InChI=1S/C23H14Cl3FN4O2S/c1-13(15-4-8-19(25)21(10-15)31(32)33)29-30-22(14-2-5-16(27)6-3-14)12-34-23(30)28-17-7-9-18(24)20(26)11-17/h2-12H,1H3/b28-23?,29-13+. The van der Waals surface area contributed by atoms with E-state index in [0.717, 1.165) is 0 Å². The van der Waals surface area contributed by atoms with Crippen LogP contribution in [-0.4, -0.2) is 15.3 Å². The summed E-state index contributed by atoms with van der Waals surface area (Å²) >= 11 is 19.4. The lowest BCUT2D eigenvalue weighted by Gasteiger charge is -2.07. The Balaban J connectivity index is 1.90. The van der Waals surface area contributed by atoms with Crippen molar-refractivity contribution >= 4 is 63.2 Å². The van der Waals surface area contributed by atoms with Crippen LogP contribution in [0.15, 0.2) is 76.1 Å². The van der Waals surface area contributed by atoms with E-state index in [1.807, 2.05) is 5.38 Å². The molecule has 0 aliphatic carbocycles. The number of benzene rings is 3. The van der Waals surface area contributed by atoms with Gasteiger partial charge in [-0.15, -0.1) is 11.3 Å². The molecule has 4 aromatic rings. The Morgan fingerprint density at radius 2 is 1.71 bits per heavy atom. The van der Waals surface area contributed by atoms with E-state index in [4.69, 9.17) is 34.8 Å². The number of hydrogen-bond donors (Lipinski definition) is 0. The van der Waals surface area contributed by atoms with E-state index in [9.17, 15) is 14.5 Å². The van der Waals surface area contributed by atoms with Crippen molar-refractivity contribution in [3.63, 3.8) is 0 Å². The van der Waals surface area contributed by atoms with Gasteiger partial charge in [-0.3, -0.25) is 10.1 Å². The molecule has 0 bridgehead atoms. The molecule has 0 saturated heterocycles. The first-order valence-electron chi connectivity index (χ1n) is 9.69. The number of nitrogens with zero attached hydrogens (tertiary/aromatic N) is 4. The smallest absolute Gasteiger partial charge is 0.258 e. The Labute approximate surface area is 212 Å². The molecule has 34 heavy (non-hydrogen) atoms. The summed E-state index contributed by atoms with van der Waals surface area (Å²) in [4.78, 5) is 15.9. The largest absolute Gasteiger partial charge is 0.288 e. The van der Waals surface area contributed by atoms with Crippen molar-refractivity contribution in [2.45, 2.75) is 6.92 Å². The molecular weight excluding hydrogens is 522 g/mol. The molecule has 11 heteroatoms. The Hall–Kier alpha value is -3.04. The number of nitro groups is 1. The molecule has 4 rings (SSSR count). The van der Waals surface area contributed by atoms with Crippen LogP contribution in [0.2, 0.25) is 15.1 Å². The van der Waals surface area contributed by atoms with Crippen molar-refractivity contribution in [2.24, 2.45) is 10.1 Å². The van der Waals surface area contributed by atoms with E-state index >= 15 is 0 Å². The molecule has 0 saturated carbocycles. The normalized spacial score (nSPS) is 12.3. The lowest BCUT2D eigenvalue weighted by Crippen LogP contribution is -2.14. The van der Waals surface area contributed by atoms with Crippen molar-refractivity contribution in [3.8, 4) is 11.3 Å². The minimum Gasteiger partial charge on any atom is -0.258 e. The van der Waals surface area contributed by atoms with Gasteiger partial charge in [0.1, 0.15) is 10.8 Å². The highest BCUT2D eigenvalue weighted by atomic mass is 35.5. The van der Waals surface area contributed by atoms with Gasteiger partial charge in [0.2, 0.25) is 4.80 Å². The van der Waals surface area contributed by atoms with Crippen LogP contribution in [0.4, 0.5) is 15.8 Å². The van der Waals surface area contributed by atoms with E-state index in [0.29, 0.717) is 43.1 Å². The lowest BCUT2D eigenvalue weighted by molar-refractivity contribution is -0.384. The van der Waals surface area contributed by atoms with Gasteiger partial charge in [0.15, 0.2) is 0 Å². The maximum atomic E-state index is 13.5. The zero-order valence-corrected chi connectivity index (χ0v) is 20.5. The highest BCUT2D eigenvalue weighted by Crippen LogP contribution is 2.28. The zero-order valence-electron chi connectivity index (χ0n) is 17.4. The second kappa shape index (κ2) is 10.1. The first-order valence-corrected chi connectivity index (χ1v) is 11.7. The average molecular weight is 536 g/mol. The number of thiazole rings is 1. The molecule has 0 amide bonds. The Morgan fingerprint density at radius 3 is 2.38 bits per heavy atom. The van der Waals surface area contributed by atoms with Gasteiger partial charge in [-0.2, -0.15) is 5.10 Å². The van der Waals surface area contributed by atoms with E-state index in [-0.39, 0.29) is 16.5 Å². The van der Waals surface area contributed by atoms with Crippen LogP contribution in [0.3, 0.4) is 0 Å². The molecule has 0 aliphatic rings. The highest BCUT2D eigenvalue weighted by Gasteiger charge is 2.15. The molecule has 1 aromatic heterocycles. The van der Waals surface area contributed by atoms with Crippen molar-refractivity contribution < 1.29 is 9.31 Å². The highest BCUT2D eigenvalue weighted by molar-refractivity contribution is 7.07. The number of hydrogen-bond acceptors (Lipinski definition) is 5. The molecule has 6 nitrogen and oxygen atoms in total. The second-order valence-corrected chi connectivity index (χ2v) is 9.10. The fourth-order valence-corrected chi connectivity index (χ4v) is 4.37. The van der Waals surface area contributed by atoms with Crippen molar-refractivity contribution in [1.82, 2.24) is 4.68 Å². The number of rotatable bonds is 5. The molecule has 0 aliphatic heterocycles. The predicted octanol–water partition coefficient (Wildman–Crippen LogP) is 7.73. The Bertz CT molecular complexity index is 1500. The quantitative estimate of drug-likeness (QED) is 0.149. The van der Waals surface area contributed by atoms with Crippen LogP contribution in [0.25, 0.3) is 11.3 Å². The van der Waals surface area contributed by atoms with Crippen LogP contribution in [-0.2, 0) is 0 Å². The molecule has 172 valence electrons. The third kappa shape index (κ3) is 5.20. The summed E-state index contributed by atoms with van der Waals surface area (Å²) in [6, 6.07) is 15.4. The van der Waals surface area contributed by atoms with Gasteiger partial charge < -0.3 is 0 Å². The molecule has 0 unspecified atom stereocenters. The molecule has 0 atom stereocenters. The monoisotopic (exact) mass is 534 g/mol. The summed E-state index contributed by atoms with van der Waals surface area (Å²) in [7, 11) is 0. The van der Waals surface area contributed by atoms with Crippen LogP contribution in [0.1, 0.15) is 12.5 Å². The van der Waals surface area contributed by atoms with Crippen LogP contribution < -0.4 is 4.80 Å². The Kier molecular flexibility index (Phi) is 7.13. The molecule has 0 N–H and O–H groups in total. The van der Waals surface area contributed by atoms with Crippen molar-refractivity contribution in [2.75, 3.05) is 0 Å². The molecule has 0 spiro atoms. The van der Waals surface area contributed by atoms with Gasteiger partial charge in [-0.25, -0.2) is 14.1 Å². The van der Waals surface area contributed by atoms with E-state index in [1.165, 1.54) is 35.6 Å². The summed E-state index contributed by atoms with van der Waals surface area (Å²) < 4.78 is 15.1. The van der Waals surface area contributed by atoms with Gasteiger partial charge in [-0.1, -0.05) is 40.9 Å². The van der Waals surface area contributed by atoms with Crippen LogP contribution >= 0.6 is 46.1 Å². The van der Waals surface area contributed by atoms with Gasteiger partial charge in [0, 0.05) is 22.6 Å². The lowest BCUT2D eigenvalue weighted by atomic mass is 10.1.